The van der Waals surface area contributed by atoms with Gasteiger partial charge in [0.1, 0.15) is 4.75 Å². The number of rotatable bonds is 5. The standard InChI is InChI=1S/C21H22N2O2S/c24-26(25,19-9-2-1-3-10-19)21(13-15-23-16-14-22-17-23)12-6-8-18-7-4-5-11-20(18)21/h1-5,7,9-11,14,16-17H,6,8,12-13,15H2. The van der Waals surface area contributed by atoms with Crippen LogP contribution in [0.1, 0.15) is 30.4 Å². The van der Waals surface area contributed by atoms with Gasteiger partial charge in [0.05, 0.1) is 11.2 Å². The summed E-state index contributed by atoms with van der Waals surface area (Å²) in [6.45, 7) is 0.625. The lowest BCUT2D eigenvalue weighted by molar-refractivity contribution is 0.408. The molecule has 1 aliphatic rings. The highest BCUT2D eigenvalue weighted by atomic mass is 32.2. The van der Waals surface area contributed by atoms with E-state index in [0.717, 1.165) is 24.0 Å². The highest BCUT2D eigenvalue weighted by Crippen LogP contribution is 2.47. The van der Waals surface area contributed by atoms with Gasteiger partial charge >= 0.3 is 0 Å². The van der Waals surface area contributed by atoms with Gasteiger partial charge in [-0.3, -0.25) is 0 Å². The second kappa shape index (κ2) is 6.72. The highest BCUT2D eigenvalue weighted by Gasteiger charge is 2.48. The van der Waals surface area contributed by atoms with Crippen LogP contribution in [-0.4, -0.2) is 18.0 Å². The smallest absolute Gasteiger partial charge is 0.188 e. The summed E-state index contributed by atoms with van der Waals surface area (Å²) in [5.41, 5.74) is 2.12. The average molecular weight is 366 g/mol. The van der Waals surface area contributed by atoms with Gasteiger partial charge in [-0.1, -0.05) is 42.5 Å². The first-order valence-electron chi connectivity index (χ1n) is 8.97. The van der Waals surface area contributed by atoms with Gasteiger partial charge in [-0.05, 0) is 48.9 Å². The van der Waals surface area contributed by atoms with Crippen LogP contribution in [0.5, 0.6) is 0 Å². The van der Waals surface area contributed by atoms with Crippen molar-refractivity contribution in [2.45, 2.75) is 41.9 Å². The molecule has 5 heteroatoms. The Morgan fingerprint density at radius 1 is 1.04 bits per heavy atom. The van der Waals surface area contributed by atoms with E-state index in [-0.39, 0.29) is 0 Å². The maximum absolute atomic E-state index is 13.8. The molecule has 0 fully saturated rings. The predicted molar refractivity (Wildman–Crippen MR) is 102 cm³/mol. The molecule has 26 heavy (non-hydrogen) atoms. The van der Waals surface area contributed by atoms with Crippen LogP contribution in [0.15, 0.2) is 78.2 Å². The Bertz CT molecular complexity index is 982. The summed E-state index contributed by atoms with van der Waals surface area (Å²) in [4.78, 5) is 4.49. The Morgan fingerprint density at radius 2 is 1.81 bits per heavy atom. The molecule has 0 aliphatic heterocycles. The quantitative estimate of drug-likeness (QED) is 0.686. The first-order valence-corrected chi connectivity index (χ1v) is 10.5. The molecule has 4 nitrogen and oxygen atoms in total. The number of nitrogens with zero attached hydrogens (tertiary/aromatic N) is 2. The minimum Gasteiger partial charge on any atom is -0.337 e. The van der Waals surface area contributed by atoms with Gasteiger partial charge in [0.2, 0.25) is 0 Å². The molecule has 0 saturated heterocycles. The van der Waals surface area contributed by atoms with Crippen molar-refractivity contribution in [3.63, 3.8) is 0 Å². The topological polar surface area (TPSA) is 52.0 Å². The lowest BCUT2D eigenvalue weighted by Gasteiger charge is -2.39. The predicted octanol–water partition coefficient (Wildman–Crippen LogP) is 3.98. The van der Waals surface area contributed by atoms with Gasteiger partial charge in [-0.2, -0.15) is 0 Å². The van der Waals surface area contributed by atoms with Gasteiger partial charge < -0.3 is 4.57 Å². The molecule has 1 aromatic heterocycles. The molecule has 4 rings (SSSR count). The normalized spacial score (nSPS) is 19.8. The number of hydrogen-bond acceptors (Lipinski definition) is 3. The van der Waals surface area contributed by atoms with E-state index in [2.05, 4.69) is 11.1 Å². The second-order valence-electron chi connectivity index (χ2n) is 6.87. The minimum atomic E-state index is -3.52. The van der Waals surface area contributed by atoms with Crippen LogP contribution in [0, 0.1) is 0 Å². The number of benzene rings is 2. The lowest BCUT2D eigenvalue weighted by atomic mass is 9.80. The summed E-state index contributed by atoms with van der Waals surface area (Å²) < 4.78 is 28.7. The van der Waals surface area contributed by atoms with E-state index in [1.807, 2.05) is 35.0 Å². The van der Waals surface area contributed by atoms with E-state index < -0.39 is 14.6 Å². The third-order valence-electron chi connectivity index (χ3n) is 5.44. The first-order chi connectivity index (χ1) is 12.6. The zero-order valence-corrected chi connectivity index (χ0v) is 15.4. The second-order valence-corrected chi connectivity index (χ2v) is 9.13. The Hall–Kier alpha value is -2.40. The van der Waals surface area contributed by atoms with Crippen LogP contribution in [0.2, 0.25) is 0 Å². The van der Waals surface area contributed by atoms with Crippen molar-refractivity contribution in [3.05, 3.63) is 84.4 Å². The molecule has 1 heterocycles. The lowest BCUT2D eigenvalue weighted by Crippen LogP contribution is -2.40. The third kappa shape index (κ3) is 2.76. The van der Waals surface area contributed by atoms with Crippen molar-refractivity contribution in [1.29, 1.82) is 0 Å². The molecule has 0 radical (unpaired) electrons. The number of fused-ring (bicyclic) bond motifs is 1. The van der Waals surface area contributed by atoms with Gasteiger partial charge in [0.25, 0.3) is 0 Å². The average Bonchev–Trinajstić information content (AvgIpc) is 3.20. The fourth-order valence-electron chi connectivity index (χ4n) is 4.11. The molecule has 0 amide bonds. The molecule has 2 aromatic carbocycles. The molecule has 0 N–H and O–H groups in total. The van der Waals surface area contributed by atoms with Crippen molar-refractivity contribution in [3.8, 4) is 0 Å². The van der Waals surface area contributed by atoms with Crippen LogP contribution < -0.4 is 0 Å². The summed E-state index contributed by atoms with van der Waals surface area (Å²) >= 11 is 0. The van der Waals surface area contributed by atoms with Crippen molar-refractivity contribution in [2.24, 2.45) is 0 Å². The monoisotopic (exact) mass is 366 g/mol. The Morgan fingerprint density at radius 3 is 2.58 bits per heavy atom. The third-order valence-corrected chi connectivity index (χ3v) is 7.99. The van der Waals surface area contributed by atoms with Crippen molar-refractivity contribution in [2.75, 3.05) is 0 Å². The summed E-state index contributed by atoms with van der Waals surface area (Å²) in [5, 5.41) is 0. The van der Waals surface area contributed by atoms with E-state index in [0.29, 0.717) is 24.3 Å². The maximum Gasteiger partial charge on any atom is 0.188 e. The molecule has 0 saturated carbocycles. The van der Waals surface area contributed by atoms with E-state index >= 15 is 0 Å². The molecule has 0 bridgehead atoms. The fourth-order valence-corrected chi connectivity index (χ4v) is 6.34. The maximum atomic E-state index is 13.8. The number of sulfone groups is 1. The molecule has 134 valence electrons. The summed E-state index contributed by atoms with van der Waals surface area (Å²) in [6.07, 6.45) is 8.37. The van der Waals surface area contributed by atoms with Gasteiger partial charge in [-0.25, -0.2) is 13.4 Å². The molecule has 1 aliphatic carbocycles. The van der Waals surface area contributed by atoms with Crippen molar-refractivity contribution >= 4 is 9.84 Å². The van der Waals surface area contributed by atoms with Crippen LogP contribution in [-0.2, 0) is 27.5 Å². The Kier molecular flexibility index (Phi) is 4.41. The number of hydrogen-bond donors (Lipinski definition) is 0. The molecular formula is C21H22N2O2S. The van der Waals surface area contributed by atoms with Crippen LogP contribution in [0.4, 0.5) is 0 Å². The van der Waals surface area contributed by atoms with Crippen molar-refractivity contribution < 1.29 is 8.42 Å². The van der Waals surface area contributed by atoms with Gasteiger partial charge in [-0.15, -0.1) is 0 Å². The van der Waals surface area contributed by atoms with E-state index in [1.165, 1.54) is 0 Å². The number of aryl methyl sites for hydroxylation is 2. The highest BCUT2D eigenvalue weighted by molar-refractivity contribution is 7.92. The molecule has 0 spiro atoms. The van der Waals surface area contributed by atoms with Crippen molar-refractivity contribution in [1.82, 2.24) is 9.55 Å². The molecule has 1 atom stereocenters. The van der Waals surface area contributed by atoms with Crippen LogP contribution in [0.3, 0.4) is 0 Å². The molecule has 3 aromatic rings. The fraction of sp³-hybridized carbons (Fsp3) is 0.286. The number of imidazole rings is 1. The zero-order valence-electron chi connectivity index (χ0n) is 14.6. The number of aromatic nitrogens is 2. The molecular weight excluding hydrogens is 344 g/mol. The SMILES string of the molecule is O=S(=O)(c1ccccc1)C1(CCn2ccnc2)CCCc2ccccc21. The van der Waals surface area contributed by atoms with Gasteiger partial charge in [0, 0.05) is 18.9 Å². The van der Waals surface area contributed by atoms with E-state index in [1.54, 1.807) is 36.8 Å². The summed E-state index contributed by atoms with van der Waals surface area (Å²) in [7, 11) is -3.52. The van der Waals surface area contributed by atoms with Gasteiger partial charge in [0.15, 0.2) is 9.84 Å². The zero-order chi connectivity index (χ0) is 18.0. The summed E-state index contributed by atoms with van der Waals surface area (Å²) in [6, 6.07) is 16.9. The Balaban J connectivity index is 1.86. The first kappa shape index (κ1) is 17.0. The minimum absolute atomic E-state index is 0.405. The van der Waals surface area contributed by atoms with Crippen LogP contribution >= 0.6 is 0 Å². The molecule has 1 unspecified atom stereocenters. The largest absolute Gasteiger partial charge is 0.337 e. The summed E-state index contributed by atoms with van der Waals surface area (Å²) in [5.74, 6) is 0. The van der Waals surface area contributed by atoms with Crippen LogP contribution in [0.25, 0.3) is 0 Å². The Labute approximate surface area is 154 Å². The van der Waals surface area contributed by atoms with E-state index in [4.69, 9.17) is 0 Å². The van der Waals surface area contributed by atoms with E-state index in [9.17, 15) is 8.42 Å².